The van der Waals surface area contributed by atoms with Crippen molar-refractivity contribution >= 4 is 11.9 Å². The summed E-state index contributed by atoms with van der Waals surface area (Å²) in [5.74, 6) is -1.02. The van der Waals surface area contributed by atoms with Crippen molar-refractivity contribution in [3.63, 3.8) is 0 Å². The number of aliphatic carboxylic acids is 1. The average molecular weight is 671 g/mol. The number of carbonyl (C=O) groups is 2. The van der Waals surface area contributed by atoms with E-state index >= 15 is 0 Å². The average Bonchev–Trinajstić information content (AvgIpc) is 3.07. The van der Waals surface area contributed by atoms with Crippen molar-refractivity contribution < 1.29 is 19.4 Å². The van der Waals surface area contributed by atoms with Crippen LogP contribution < -0.4 is 0 Å². The van der Waals surface area contributed by atoms with Crippen LogP contribution in [0.2, 0.25) is 0 Å². The number of allylic oxidation sites excluding steroid dienone is 8. The molecule has 48 heavy (non-hydrogen) atoms. The first kappa shape index (κ1) is 45.9. The summed E-state index contributed by atoms with van der Waals surface area (Å²) in [4.78, 5) is 23.6. The van der Waals surface area contributed by atoms with E-state index in [-0.39, 0.29) is 18.5 Å². The standard InChI is InChI=1S/C44H78O4/c1-3-5-7-9-11-13-15-17-19-21-23-24-26-28-30-32-34-36-38-42(40-41-43(45)46)48-44(47)39-37-35-33-31-29-27-25-22-20-18-16-14-12-10-8-6-4-2/h12,14,18,20,25,27,31,33,42H,3-11,13,15-17,19,21-24,26,28-30,32,34-41H2,1-2H3,(H,45,46)/b14-12-,20-18-,27-25-,33-31-. The lowest BCUT2D eigenvalue weighted by atomic mass is 10.0. The molecule has 0 aliphatic carbocycles. The third kappa shape index (κ3) is 38.3. The Morgan fingerprint density at radius 2 is 0.833 bits per heavy atom. The highest BCUT2D eigenvalue weighted by molar-refractivity contribution is 5.70. The van der Waals surface area contributed by atoms with Crippen LogP contribution in [0.5, 0.6) is 0 Å². The number of carbonyl (C=O) groups excluding carboxylic acids is 1. The second kappa shape index (κ2) is 39.3. The van der Waals surface area contributed by atoms with Gasteiger partial charge in [0.05, 0.1) is 0 Å². The highest BCUT2D eigenvalue weighted by atomic mass is 16.5. The number of esters is 1. The van der Waals surface area contributed by atoms with E-state index in [1.807, 2.05) is 0 Å². The molecule has 0 heterocycles. The van der Waals surface area contributed by atoms with Gasteiger partial charge >= 0.3 is 11.9 Å². The second-order valence-corrected chi connectivity index (χ2v) is 13.8. The molecule has 0 aliphatic rings. The van der Waals surface area contributed by atoms with E-state index in [2.05, 4.69) is 62.5 Å². The Hall–Kier alpha value is -2.10. The van der Waals surface area contributed by atoms with Crippen LogP contribution >= 0.6 is 0 Å². The molecule has 278 valence electrons. The minimum atomic E-state index is -0.825. The molecule has 4 nitrogen and oxygen atoms in total. The van der Waals surface area contributed by atoms with Crippen molar-refractivity contribution in [1.82, 2.24) is 0 Å². The van der Waals surface area contributed by atoms with E-state index in [1.54, 1.807) is 0 Å². The molecule has 1 unspecified atom stereocenters. The fourth-order valence-electron chi connectivity index (χ4n) is 5.99. The van der Waals surface area contributed by atoms with Crippen LogP contribution in [-0.2, 0) is 14.3 Å². The zero-order valence-electron chi connectivity index (χ0n) is 31.8. The van der Waals surface area contributed by atoms with Gasteiger partial charge < -0.3 is 9.84 Å². The van der Waals surface area contributed by atoms with Crippen molar-refractivity contribution in [1.29, 1.82) is 0 Å². The van der Waals surface area contributed by atoms with Gasteiger partial charge in [-0.25, -0.2) is 0 Å². The Balaban J connectivity index is 3.82. The van der Waals surface area contributed by atoms with Gasteiger partial charge in [0.1, 0.15) is 6.10 Å². The maximum atomic E-state index is 12.4. The number of carboxylic acids is 1. The van der Waals surface area contributed by atoms with Crippen LogP contribution in [-0.4, -0.2) is 23.1 Å². The first-order valence-corrected chi connectivity index (χ1v) is 20.6. The van der Waals surface area contributed by atoms with Gasteiger partial charge in [-0.15, -0.1) is 0 Å². The van der Waals surface area contributed by atoms with E-state index in [1.165, 1.54) is 128 Å². The molecule has 0 aliphatic heterocycles. The number of hydrogen-bond donors (Lipinski definition) is 1. The van der Waals surface area contributed by atoms with Crippen LogP contribution in [0.4, 0.5) is 0 Å². The van der Waals surface area contributed by atoms with Crippen molar-refractivity contribution in [2.45, 2.75) is 219 Å². The molecule has 0 radical (unpaired) electrons. The summed E-state index contributed by atoms with van der Waals surface area (Å²) in [5, 5.41) is 9.13. The van der Waals surface area contributed by atoms with Gasteiger partial charge in [0.25, 0.3) is 0 Å². The topological polar surface area (TPSA) is 63.6 Å². The quantitative estimate of drug-likeness (QED) is 0.0406. The van der Waals surface area contributed by atoms with Crippen LogP contribution in [0.3, 0.4) is 0 Å². The van der Waals surface area contributed by atoms with Crippen LogP contribution in [0, 0.1) is 0 Å². The van der Waals surface area contributed by atoms with Gasteiger partial charge in [0.2, 0.25) is 0 Å². The summed E-state index contributed by atoms with van der Waals surface area (Å²) in [7, 11) is 0. The predicted molar refractivity (Wildman–Crippen MR) is 209 cm³/mol. The molecule has 1 atom stereocenters. The van der Waals surface area contributed by atoms with Crippen molar-refractivity contribution in [3.05, 3.63) is 48.6 Å². The lowest BCUT2D eigenvalue weighted by molar-refractivity contribution is -0.151. The zero-order chi connectivity index (χ0) is 35.0. The SMILES string of the molecule is CCCCC/C=C\C/C=C\C/C=C\C/C=C\CCCC(=O)OC(CCCCCCCCCCCCCCCCCCCC)CCC(=O)O. The summed E-state index contributed by atoms with van der Waals surface area (Å²) in [5.41, 5.74) is 0. The summed E-state index contributed by atoms with van der Waals surface area (Å²) >= 11 is 0. The normalized spacial score (nSPS) is 12.7. The minimum Gasteiger partial charge on any atom is -0.481 e. The molecule has 0 aromatic carbocycles. The highest BCUT2D eigenvalue weighted by Gasteiger charge is 2.15. The molecule has 0 amide bonds. The third-order valence-electron chi connectivity index (χ3n) is 9.07. The van der Waals surface area contributed by atoms with E-state index in [4.69, 9.17) is 9.84 Å². The van der Waals surface area contributed by atoms with Crippen molar-refractivity contribution in [2.24, 2.45) is 0 Å². The number of rotatable bonds is 37. The Morgan fingerprint density at radius 1 is 0.458 bits per heavy atom. The Kier molecular flexibility index (Phi) is 37.6. The van der Waals surface area contributed by atoms with Gasteiger partial charge in [0, 0.05) is 12.8 Å². The van der Waals surface area contributed by atoms with Gasteiger partial charge in [-0.1, -0.05) is 184 Å². The summed E-state index contributed by atoms with van der Waals surface area (Å²) in [6, 6.07) is 0. The van der Waals surface area contributed by atoms with Crippen LogP contribution in [0.25, 0.3) is 0 Å². The summed E-state index contributed by atoms with van der Waals surface area (Å²) < 4.78 is 5.71. The largest absolute Gasteiger partial charge is 0.481 e. The van der Waals surface area contributed by atoms with Crippen LogP contribution in [0.1, 0.15) is 213 Å². The fraction of sp³-hybridized carbons (Fsp3) is 0.773. The molecular weight excluding hydrogens is 592 g/mol. The van der Waals surface area contributed by atoms with Crippen LogP contribution in [0.15, 0.2) is 48.6 Å². The molecule has 4 heteroatoms. The molecule has 1 N–H and O–H groups in total. The molecule has 0 aromatic heterocycles. The van der Waals surface area contributed by atoms with E-state index in [0.717, 1.165) is 51.4 Å². The Morgan fingerprint density at radius 3 is 1.27 bits per heavy atom. The smallest absolute Gasteiger partial charge is 0.306 e. The summed E-state index contributed by atoms with van der Waals surface area (Å²) in [6.07, 6.45) is 52.8. The van der Waals surface area contributed by atoms with E-state index in [0.29, 0.717) is 12.8 Å². The maximum absolute atomic E-state index is 12.4. The van der Waals surface area contributed by atoms with Crippen molar-refractivity contribution in [3.8, 4) is 0 Å². The highest BCUT2D eigenvalue weighted by Crippen LogP contribution is 2.17. The Labute approximate surface area is 298 Å². The van der Waals surface area contributed by atoms with Gasteiger partial charge in [-0.05, 0) is 64.2 Å². The first-order chi connectivity index (χ1) is 23.6. The predicted octanol–water partition coefficient (Wildman–Crippen LogP) is 14.3. The minimum absolute atomic E-state index is 0.0548. The van der Waals surface area contributed by atoms with Crippen molar-refractivity contribution in [2.75, 3.05) is 0 Å². The molecule has 0 spiro atoms. The molecule has 0 fully saturated rings. The lowest BCUT2D eigenvalue weighted by Crippen LogP contribution is -2.19. The van der Waals surface area contributed by atoms with Gasteiger partial charge in [-0.3, -0.25) is 9.59 Å². The fourth-order valence-corrected chi connectivity index (χ4v) is 5.99. The third-order valence-corrected chi connectivity index (χ3v) is 9.07. The van der Waals surface area contributed by atoms with Gasteiger partial charge in [0.15, 0.2) is 0 Å². The monoisotopic (exact) mass is 671 g/mol. The summed E-state index contributed by atoms with van der Waals surface area (Å²) in [6.45, 7) is 4.52. The number of ether oxygens (including phenoxy) is 1. The number of carboxylic acid groups (broad SMARTS) is 1. The second-order valence-electron chi connectivity index (χ2n) is 13.8. The molecule has 0 bridgehead atoms. The molecule has 0 aromatic rings. The Bertz CT molecular complexity index is 809. The first-order valence-electron chi connectivity index (χ1n) is 20.6. The zero-order valence-corrected chi connectivity index (χ0v) is 31.8. The molecule has 0 rings (SSSR count). The van der Waals surface area contributed by atoms with Gasteiger partial charge in [-0.2, -0.15) is 0 Å². The lowest BCUT2D eigenvalue weighted by Gasteiger charge is -2.17. The number of hydrogen-bond acceptors (Lipinski definition) is 3. The van der Waals surface area contributed by atoms with E-state index < -0.39 is 5.97 Å². The maximum Gasteiger partial charge on any atom is 0.306 e. The molecule has 0 saturated heterocycles. The molecular formula is C44H78O4. The van der Waals surface area contributed by atoms with E-state index in [9.17, 15) is 9.59 Å². The number of unbranched alkanes of at least 4 members (excludes halogenated alkanes) is 21. The molecule has 0 saturated carbocycles.